The lowest BCUT2D eigenvalue weighted by atomic mass is 9.76. The third-order valence-corrected chi connectivity index (χ3v) is 4.29. The number of rotatable bonds is 3. The Labute approximate surface area is 115 Å². The van der Waals surface area contributed by atoms with Gasteiger partial charge < -0.3 is 10.4 Å². The minimum Gasteiger partial charge on any atom is -0.508 e. The minimum absolute atomic E-state index is 0.0831. The molecule has 0 heterocycles. The third-order valence-electron chi connectivity index (χ3n) is 4.29. The van der Waals surface area contributed by atoms with E-state index in [-0.39, 0.29) is 17.1 Å². The van der Waals surface area contributed by atoms with Crippen molar-refractivity contribution in [2.45, 2.75) is 46.0 Å². The molecule has 1 fully saturated rings. The number of benzene rings is 1. The van der Waals surface area contributed by atoms with Crippen molar-refractivity contribution in [3.05, 3.63) is 29.3 Å². The molecule has 1 aliphatic carbocycles. The minimum atomic E-state index is -0.0831. The van der Waals surface area contributed by atoms with Gasteiger partial charge in [0.25, 0.3) is 5.91 Å². The fraction of sp³-hybridized carbons (Fsp3) is 0.562. The number of aromatic hydroxyl groups is 1. The Morgan fingerprint density at radius 2 is 2.00 bits per heavy atom. The molecule has 1 saturated carbocycles. The largest absolute Gasteiger partial charge is 0.508 e. The zero-order valence-corrected chi connectivity index (χ0v) is 11.8. The van der Waals surface area contributed by atoms with E-state index in [0.29, 0.717) is 11.1 Å². The van der Waals surface area contributed by atoms with Gasteiger partial charge in [-0.3, -0.25) is 4.79 Å². The van der Waals surface area contributed by atoms with Crippen molar-refractivity contribution in [3.8, 4) is 5.75 Å². The molecule has 3 nitrogen and oxygen atoms in total. The van der Waals surface area contributed by atoms with E-state index in [1.807, 2.05) is 0 Å². The Kier molecular flexibility index (Phi) is 4.13. The Bertz CT molecular complexity index is 462. The molecule has 0 atom stereocenters. The summed E-state index contributed by atoms with van der Waals surface area (Å²) in [6.07, 6.45) is 6.21. The molecule has 1 aromatic rings. The van der Waals surface area contributed by atoms with Crippen molar-refractivity contribution in [1.29, 1.82) is 0 Å². The van der Waals surface area contributed by atoms with Gasteiger partial charge in [-0.15, -0.1) is 0 Å². The standard InChI is InChI=1S/C16H23NO2/c1-12-13(7-6-8-14(12)18)15(19)17-11-16(2)9-4-3-5-10-16/h6-8,18H,3-5,9-11H2,1-2H3,(H,17,19). The molecule has 0 spiro atoms. The first kappa shape index (κ1) is 13.9. The van der Waals surface area contributed by atoms with E-state index in [9.17, 15) is 9.90 Å². The van der Waals surface area contributed by atoms with Gasteiger partial charge in [0.2, 0.25) is 0 Å². The second-order valence-electron chi connectivity index (χ2n) is 6.00. The van der Waals surface area contributed by atoms with Gasteiger partial charge in [-0.1, -0.05) is 32.3 Å². The number of phenolic OH excluding ortho intramolecular Hbond substituents is 1. The lowest BCUT2D eigenvalue weighted by Crippen LogP contribution is -2.37. The van der Waals surface area contributed by atoms with Crippen LogP contribution in [0.1, 0.15) is 54.9 Å². The molecule has 0 radical (unpaired) electrons. The Hall–Kier alpha value is -1.51. The highest BCUT2D eigenvalue weighted by Crippen LogP contribution is 2.35. The fourth-order valence-corrected chi connectivity index (χ4v) is 2.84. The molecule has 1 aliphatic rings. The zero-order chi connectivity index (χ0) is 13.9. The SMILES string of the molecule is Cc1c(O)cccc1C(=O)NCC1(C)CCCCC1. The molecule has 104 valence electrons. The molecule has 1 amide bonds. The summed E-state index contributed by atoms with van der Waals surface area (Å²) in [5.74, 6) is 0.0942. The highest BCUT2D eigenvalue weighted by Gasteiger charge is 2.27. The maximum atomic E-state index is 12.2. The van der Waals surface area contributed by atoms with E-state index in [0.717, 1.165) is 6.54 Å². The van der Waals surface area contributed by atoms with Gasteiger partial charge in [0.1, 0.15) is 5.75 Å². The van der Waals surface area contributed by atoms with E-state index < -0.39 is 0 Å². The van der Waals surface area contributed by atoms with Gasteiger partial charge in [-0.05, 0) is 37.3 Å². The predicted octanol–water partition coefficient (Wildman–Crippen LogP) is 3.40. The van der Waals surface area contributed by atoms with Gasteiger partial charge in [0.05, 0.1) is 0 Å². The molecule has 2 N–H and O–H groups in total. The molecular weight excluding hydrogens is 238 g/mol. The van der Waals surface area contributed by atoms with Crippen molar-refractivity contribution < 1.29 is 9.90 Å². The summed E-state index contributed by atoms with van der Waals surface area (Å²) in [5, 5.41) is 12.7. The average molecular weight is 261 g/mol. The van der Waals surface area contributed by atoms with Crippen LogP contribution >= 0.6 is 0 Å². The van der Waals surface area contributed by atoms with Gasteiger partial charge >= 0.3 is 0 Å². The van der Waals surface area contributed by atoms with E-state index >= 15 is 0 Å². The molecule has 0 bridgehead atoms. The first-order chi connectivity index (χ1) is 9.02. The normalized spacial score (nSPS) is 18.0. The van der Waals surface area contributed by atoms with Crippen LogP contribution in [0.2, 0.25) is 0 Å². The van der Waals surface area contributed by atoms with E-state index in [4.69, 9.17) is 0 Å². The van der Waals surface area contributed by atoms with Crippen LogP contribution in [0.5, 0.6) is 5.75 Å². The monoisotopic (exact) mass is 261 g/mol. The van der Waals surface area contributed by atoms with Crippen molar-refractivity contribution in [2.75, 3.05) is 6.54 Å². The number of hydrogen-bond donors (Lipinski definition) is 2. The van der Waals surface area contributed by atoms with Gasteiger partial charge in [0.15, 0.2) is 0 Å². The van der Waals surface area contributed by atoms with Crippen LogP contribution in [0.4, 0.5) is 0 Å². The lowest BCUT2D eigenvalue weighted by Gasteiger charge is -2.33. The molecular formula is C16H23NO2. The van der Waals surface area contributed by atoms with Crippen LogP contribution in [-0.4, -0.2) is 17.6 Å². The van der Waals surface area contributed by atoms with Gasteiger partial charge in [0, 0.05) is 17.7 Å². The summed E-state index contributed by atoms with van der Waals surface area (Å²) in [7, 11) is 0. The summed E-state index contributed by atoms with van der Waals surface area (Å²) < 4.78 is 0. The van der Waals surface area contributed by atoms with Crippen molar-refractivity contribution in [3.63, 3.8) is 0 Å². The number of hydrogen-bond acceptors (Lipinski definition) is 2. The number of phenols is 1. The van der Waals surface area contributed by atoms with Crippen LogP contribution < -0.4 is 5.32 Å². The molecule has 19 heavy (non-hydrogen) atoms. The summed E-state index contributed by atoms with van der Waals surface area (Å²) in [4.78, 5) is 12.2. The fourth-order valence-electron chi connectivity index (χ4n) is 2.84. The van der Waals surface area contributed by atoms with E-state index in [2.05, 4.69) is 12.2 Å². The Morgan fingerprint density at radius 1 is 1.32 bits per heavy atom. The predicted molar refractivity (Wildman–Crippen MR) is 76.4 cm³/mol. The average Bonchev–Trinajstić information content (AvgIpc) is 2.40. The molecule has 2 rings (SSSR count). The summed E-state index contributed by atoms with van der Waals surface area (Å²) in [6.45, 7) is 4.75. The van der Waals surface area contributed by atoms with Crippen LogP contribution in [0, 0.1) is 12.3 Å². The first-order valence-corrected chi connectivity index (χ1v) is 7.09. The Morgan fingerprint density at radius 3 is 2.68 bits per heavy atom. The maximum absolute atomic E-state index is 12.2. The van der Waals surface area contributed by atoms with Crippen molar-refractivity contribution in [2.24, 2.45) is 5.41 Å². The van der Waals surface area contributed by atoms with Crippen molar-refractivity contribution >= 4 is 5.91 Å². The third kappa shape index (κ3) is 3.28. The second-order valence-corrected chi connectivity index (χ2v) is 6.00. The molecule has 0 aromatic heterocycles. The molecule has 1 aromatic carbocycles. The summed E-state index contributed by atoms with van der Waals surface area (Å²) >= 11 is 0. The summed E-state index contributed by atoms with van der Waals surface area (Å²) in [6, 6.07) is 5.07. The number of nitrogens with one attached hydrogen (secondary N) is 1. The smallest absolute Gasteiger partial charge is 0.251 e. The number of carbonyl (C=O) groups excluding carboxylic acids is 1. The summed E-state index contributed by atoms with van der Waals surface area (Å²) in [5.41, 5.74) is 1.45. The highest BCUT2D eigenvalue weighted by atomic mass is 16.3. The maximum Gasteiger partial charge on any atom is 0.251 e. The molecule has 0 aliphatic heterocycles. The van der Waals surface area contributed by atoms with E-state index in [1.165, 1.54) is 32.1 Å². The Balaban J connectivity index is 1.99. The zero-order valence-electron chi connectivity index (χ0n) is 11.8. The molecule has 0 saturated heterocycles. The van der Waals surface area contributed by atoms with Crippen molar-refractivity contribution in [1.82, 2.24) is 5.32 Å². The lowest BCUT2D eigenvalue weighted by molar-refractivity contribution is 0.0918. The number of carbonyl (C=O) groups is 1. The van der Waals surface area contributed by atoms with Crippen LogP contribution in [0.25, 0.3) is 0 Å². The van der Waals surface area contributed by atoms with Crippen LogP contribution in [-0.2, 0) is 0 Å². The van der Waals surface area contributed by atoms with Crippen LogP contribution in [0.3, 0.4) is 0 Å². The van der Waals surface area contributed by atoms with E-state index in [1.54, 1.807) is 25.1 Å². The topological polar surface area (TPSA) is 49.3 Å². The van der Waals surface area contributed by atoms with Gasteiger partial charge in [-0.25, -0.2) is 0 Å². The van der Waals surface area contributed by atoms with Gasteiger partial charge in [-0.2, -0.15) is 0 Å². The molecule has 3 heteroatoms. The first-order valence-electron chi connectivity index (χ1n) is 7.09. The highest BCUT2D eigenvalue weighted by molar-refractivity contribution is 5.96. The van der Waals surface area contributed by atoms with Crippen LogP contribution in [0.15, 0.2) is 18.2 Å². The molecule has 0 unspecified atom stereocenters. The quantitative estimate of drug-likeness (QED) is 0.876. The number of amides is 1. The second kappa shape index (κ2) is 5.64.